The summed E-state index contributed by atoms with van der Waals surface area (Å²) in [6.07, 6.45) is 11.7. The van der Waals surface area contributed by atoms with Gasteiger partial charge in [-0.1, -0.05) is 66.5 Å². The summed E-state index contributed by atoms with van der Waals surface area (Å²) >= 11 is 0. The molecular weight excluding hydrogens is 448 g/mol. The van der Waals surface area contributed by atoms with Crippen molar-refractivity contribution >= 4 is 43.7 Å². The van der Waals surface area contributed by atoms with Gasteiger partial charge in [0, 0.05) is 11.4 Å². The van der Waals surface area contributed by atoms with Crippen LogP contribution in [0.15, 0.2) is 11.6 Å². The Morgan fingerprint density at radius 3 is 2.18 bits per heavy atom. The third-order valence-electron chi connectivity index (χ3n) is 13.0. The molecule has 0 aliphatic heterocycles. The number of carboxylic acid groups (broad SMARTS) is 1. The van der Waals surface area contributed by atoms with Crippen molar-refractivity contribution in [1.29, 1.82) is 0 Å². The zero-order chi connectivity index (χ0) is 24.2. The van der Waals surface area contributed by atoms with E-state index in [1.807, 2.05) is 0 Å². The first-order chi connectivity index (χ1) is 15.1. The van der Waals surface area contributed by atoms with Gasteiger partial charge in [0.15, 0.2) is 0 Å². The summed E-state index contributed by atoms with van der Waals surface area (Å²) in [5, 5.41) is 25.6. The van der Waals surface area contributed by atoms with Crippen LogP contribution in [-0.4, -0.2) is 49.8 Å². The van der Waals surface area contributed by atoms with Gasteiger partial charge in [-0.3, -0.25) is 0 Å². The zero-order valence-electron chi connectivity index (χ0n) is 22.9. The van der Waals surface area contributed by atoms with Crippen molar-refractivity contribution in [1.82, 2.24) is 0 Å². The van der Waals surface area contributed by atoms with Crippen LogP contribution >= 0.6 is 0 Å². The summed E-state index contributed by atoms with van der Waals surface area (Å²) in [5.74, 6) is 0.361. The topological polar surface area (TPSA) is 63.2 Å². The minimum atomic E-state index is -0.801. The van der Waals surface area contributed by atoms with Crippen LogP contribution in [0.3, 0.4) is 0 Å². The molecule has 4 fully saturated rings. The number of hydrogen-bond acceptors (Lipinski definition) is 3. The Hall–Kier alpha value is 0.430. The van der Waals surface area contributed by atoms with Gasteiger partial charge in [0.05, 0.1) is 0 Å². The first kappa shape index (κ1) is 27.5. The minimum absolute atomic E-state index is 0. The molecule has 0 bridgehead atoms. The molecule has 0 unspecified atom stereocenters. The Morgan fingerprint density at radius 2 is 1.53 bits per heavy atom. The molecule has 5 aliphatic carbocycles. The number of carbonyl (C=O) groups is 1. The van der Waals surface area contributed by atoms with Crippen LogP contribution in [0.4, 0.5) is 0 Å². The summed E-state index contributed by atoms with van der Waals surface area (Å²) in [6, 6.07) is 0. The van der Waals surface area contributed by atoms with Gasteiger partial charge in [0.25, 0.3) is 0 Å². The van der Waals surface area contributed by atoms with Crippen molar-refractivity contribution in [3.8, 4) is 0 Å². The largest absolute Gasteiger partial charge is 2.00 e. The fraction of sp³-hybridized carbons (Fsp3) is 0.900. The summed E-state index contributed by atoms with van der Waals surface area (Å²) in [6.45, 7) is 16.7. The van der Waals surface area contributed by atoms with Gasteiger partial charge < -0.3 is 15.0 Å². The van der Waals surface area contributed by atoms with Gasteiger partial charge in [-0.05, 0) is 103 Å². The van der Waals surface area contributed by atoms with Gasteiger partial charge in [0.1, 0.15) is 0 Å². The number of hydrogen-bond donors (Lipinski definition) is 0. The van der Waals surface area contributed by atoms with Gasteiger partial charge in [0.2, 0.25) is 0 Å². The maximum absolute atomic E-state index is 13.0. The number of rotatable bonds is 1. The summed E-state index contributed by atoms with van der Waals surface area (Å²) in [5.41, 5.74) is 1.21. The van der Waals surface area contributed by atoms with Crippen molar-refractivity contribution in [2.75, 3.05) is 0 Å². The van der Waals surface area contributed by atoms with Gasteiger partial charge >= 0.3 is 37.7 Å². The zero-order valence-corrected chi connectivity index (χ0v) is 25.1. The molecular formula is C30H46CaO3. The average Bonchev–Trinajstić information content (AvgIpc) is 2.71. The van der Waals surface area contributed by atoms with Crippen molar-refractivity contribution in [2.45, 2.75) is 119 Å². The molecule has 4 heteroatoms. The standard InChI is InChI=1S/C30H47O3.Ca/c1-25(2)14-16-30(24(32)33)17-15-28(6)19(20(30)18-25)8-9-22-27(5)12-11-23(31)26(3,4)21(27)10-13-29(22,28)7;/h8,20-23H,9-18H2,1-7H3,(H,32,33);/q-1;+2/p-1/t20-,21-,22+,23-,27-,28+,29+,30-;/m0./s1. The predicted octanol–water partition coefficient (Wildman–Crippen LogP) is 4.89. The summed E-state index contributed by atoms with van der Waals surface area (Å²) in [7, 11) is 0. The molecule has 186 valence electrons. The van der Waals surface area contributed by atoms with Crippen molar-refractivity contribution in [2.24, 2.45) is 50.2 Å². The van der Waals surface area contributed by atoms with Gasteiger partial charge in [-0.25, -0.2) is 0 Å². The number of fused-ring (bicyclic) bond motifs is 7. The summed E-state index contributed by atoms with van der Waals surface area (Å²) < 4.78 is 0. The smallest absolute Gasteiger partial charge is 0.852 e. The van der Waals surface area contributed by atoms with Crippen LogP contribution in [0.2, 0.25) is 0 Å². The van der Waals surface area contributed by atoms with E-state index in [1.54, 1.807) is 0 Å². The minimum Gasteiger partial charge on any atom is -0.852 e. The molecule has 8 atom stereocenters. The van der Waals surface area contributed by atoms with Crippen molar-refractivity contribution in [3.63, 3.8) is 0 Å². The fourth-order valence-electron chi connectivity index (χ4n) is 10.6. The fourth-order valence-corrected chi connectivity index (χ4v) is 10.6. The molecule has 0 aromatic heterocycles. The second-order valence-electron chi connectivity index (χ2n) is 15.0. The van der Waals surface area contributed by atoms with E-state index in [9.17, 15) is 15.0 Å². The molecule has 0 heterocycles. The molecule has 4 saturated carbocycles. The van der Waals surface area contributed by atoms with E-state index in [2.05, 4.69) is 54.5 Å². The number of aliphatic carboxylic acids is 1. The first-order valence-corrected chi connectivity index (χ1v) is 13.7. The van der Waals surface area contributed by atoms with Crippen LogP contribution in [0.1, 0.15) is 113 Å². The summed E-state index contributed by atoms with van der Waals surface area (Å²) in [4.78, 5) is 12.6. The van der Waals surface area contributed by atoms with Crippen LogP contribution in [0, 0.1) is 50.2 Å². The van der Waals surface area contributed by atoms with E-state index in [1.165, 1.54) is 5.57 Å². The molecule has 0 radical (unpaired) electrons. The van der Waals surface area contributed by atoms with Crippen LogP contribution in [0.5, 0.6) is 0 Å². The Labute approximate surface area is 237 Å². The van der Waals surface area contributed by atoms with Gasteiger partial charge in [-0.2, -0.15) is 0 Å². The second kappa shape index (κ2) is 8.21. The van der Waals surface area contributed by atoms with E-state index in [-0.39, 0.29) is 70.7 Å². The number of carboxylic acids is 1. The molecule has 0 N–H and O–H groups in total. The SMILES string of the molecule is CC1(C)CC[C@]2(C(=O)[O-])CC[C@]3(C)C(=CC[C@@H]4[C@@]5(C)CC[C@H]([O-])C(C)(C)[C@@H]5CC[C@]43C)[C@@H]2C1.[Ca+2]. The molecule has 5 aliphatic rings. The molecule has 0 aromatic rings. The van der Waals surface area contributed by atoms with Crippen LogP contribution in [0.25, 0.3) is 0 Å². The molecule has 0 saturated heterocycles. The molecule has 0 aromatic carbocycles. The van der Waals surface area contributed by atoms with Crippen LogP contribution < -0.4 is 10.2 Å². The van der Waals surface area contributed by atoms with E-state index in [0.29, 0.717) is 11.8 Å². The normalized spacial score (nSPS) is 50.9. The third kappa shape index (κ3) is 3.37. The maximum atomic E-state index is 13.0. The second-order valence-corrected chi connectivity index (χ2v) is 15.0. The third-order valence-corrected chi connectivity index (χ3v) is 13.0. The quantitative estimate of drug-likeness (QED) is 0.385. The van der Waals surface area contributed by atoms with Gasteiger partial charge in [-0.15, -0.1) is 6.10 Å². The molecule has 0 amide bonds. The average molecular weight is 495 g/mol. The monoisotopic (exact) mass is 494 g/mol. The Bertz CT molecular complexity index is 891. The Kier molecular flexibility index (Phi) is 6.63. The molecule has 5 rings (SSSR count). The maximum Gasteiger partial charge on any atom is 2.00 e. The van der Waals surface area contributed by atoms with Crippen molar-refractivity contribution < 1.29 is 15.0 Å². The number of allylic oxidation sites excluding steroid dienone is 2. The van der Waals surface area contributed by atoms with Crippen LogP contribution in [-0.2, 0) is 4.79 Å². The van der Waals surface area contributed by atoms with Crippen molar-refractivity contribution in [3.05, 3.63) is 11.6 Å². The van der Waals surface area contributed by atoms with E-state index < -0.39 is 17.5 Å². The molecule has 34 heavy (non-hydrogen) atoms. The Morgan fingerprint density at radius 1 is 0.882 bits per heavy atom. The van der Waals surface area contributed by atoms with E-state index in [4.69, 9.17) is 0 Å². The molecule has 0 spiro atoms. The molecule has 3 nitrogen and oxygen atoms in total. The first-order valence-electron chi connectivity index (χ1n) is 13.7. The van der Waals surface area contributed by atoms with E-state index in [0.717, 1.165) is 64.2 Å². The predicted molar refractivity (Wildman–Crippen MR) is 134 cm³/mol. The van der Waals surface area contributed by atoms with E-state index >= 15 is 0 Å². The number of carbonyl (C=O) groups excluding carboxylic acids is 1. The Balaban J connectivity index is 0.00000274.